The normalized spacial score (nSPS) is 23.5. The Morgan fingerprint density at radius 1 is 1.00 bits per heavy atom. The molecule has 2 fully saturated rings. The molecule has 2 aliphatic heterocycles. The number of hydrogen-bond donors (Lipinski definition) is 2. The molecular formula is C21H36N6S. The van der Waals surface area contributed by atoms with Crippen LogP contribution in [0.15, 0.2) is 6.07 Å². The van der Waals surface area contributed by atoms with E-state index in [1.807, 2.05) is 0 Å². The molecule has 0 aromatic carbocycles. The summed E-state index contributed by atoms with van der Waals surface area (Å²) in [7, 11) is 0. The SMILES string of the molecule is C[C@H]1C[C@H](C)CN(c2cc(N3CCCCC3)nc(NC(=S)NC(C)(C)C)n2)C1. The first kappa shape index (κ1) is 21.1. The van der Waals surface area contributed by atoms with Crippen molar-refractivity contribution >= 4 is 34.9 Å². The number of thiocarbonyl (C=S) groups is 1. The van der Waals surface area contributed by atoms with Crippen molar-refractivity contribution in [1.29, 1.82) is 0 Å². The van der Waals surface area contributed by atoms with E-state index < -0.39 is 0 Å². The molecule has 0 radical (unpaired) electrons. The lowest BCUT2D eigenvalue weighted by molar-refractivity contribution is 0.355. The summed E-state index contributed by atoms with van der Waals surface area (Å²) in [6.45, 7) is 15.2. The highest BCUT2D eigenvalue weighted by atomic mass is 32.1. The van der Waals surface area contributed by atoms with Gasteiger partial charge >= 0.3 is 0 Å². The molecule has 156 valence electrons. The summed E-state index contributed by atoms with van der Waals surface area (Å²) in [6.07, 6.45) is 5.04. The van der Waals surface area contributed by atoms with Gasteiger partial charge in [0.1, 0.15) is 11.6 Å². The Morgan fingerprint density at radius 2 is 1.57 bits per heavy atom. The van der Waals surface area contributed by atoms with Crippen LogP contribution in [0.5, 0.6) is 0 Å². The molecule has 3 rings (SSSR count). The third kappa shape index (κ3) is 5.93. The minimum Gasteiger partial charge on any atom is -0.358 e. The number of anilines is 3. The van der Waals surface area contributed by atoms with Crippen molar-refractivity contribution in [3.8, 4) is 0 Å². The molecule has 28 heavy (non-hydrogen) atoms. The largest absolute Gasteiger partial charge is 0.358 e. The van der Waals surface area contributed by atoms with Crippen molar-refractivity contribution in [2.24, 2.45) is 11.8 Å². The molecule has 7 heteroatoms. The minimum absolute atomic E-state index is 0.102. The molecule has 3 heterocycles. The highest BCUT2D eigenvalue weighted by Gasteiger charge is 2.25. The number of piperidine rings is 2. The Bertz CT molecular complexity index is 670. The van der Waals surface area contributed by atoms with Crippen LogP contribution in [0.25, 0.3) is 0 Å². The summed E-state index contributed by atoms with van der Waals surface area (Å²) >= 11 is 5.49. The van der Waals surface area contributed by atoms with E-state index in [2.05, 4.69) is 61.1 Å². The fraction of sp³-hybridized carbons (Fsp3) is 0.762. The van der Waals surface area contributed by atoms with Crippen molar-refractivity contribution in [1.82, 2.24) is 15.3 Å². The molecule has 0 amide bonds. The van der Waals surface area contributed by atoms with Gasteiger partial charge in [-0.05, 0) is 70.5 Å². The second-order valence-corrected chi connectivity index (χ2v) is 10.0. The van der Waals surface area contributed by atoms with E-state index in [0.29, 0.717) is 22.9 Å². The van der Waals surface area contributed by atoms with Gasteiger partial charge in [-0.25, -0.2) is 0 Å². The van der Waals surface area contributed by atoms with Gasteiger partial charge in [0.25, 0.3) is 0 Å². The van der Waals surface area contributed by atoms with Crippen LogP contribution < -0.4 is 20.4 Å². The molecule has 2 aliphatic rings. The van der Waals surface area contributed by atoms with E-state index in [1.54, 1.807) is 0 Å². The summed E-state index contributed by atoms with van der Waals surface area (Å²) in [4.78, 5) is 14.5. The van der Waals surface area contributed by atoms with Gasteiger partial charge in [-0.1, -0.05) is 13.8 Å². The average molecular weight is 405 g/mol. The summed E-state index contributed by atoms with van der Waals surface area (Å²) < 4.78 is 0. The van der Waals surface area contributed by atoms with Crippen molar-refractivity contribution < 1.29 is 0 Å². The Hall–Kier alpha value is -1.63. The highest BCUT2D eigenvalue weighted by molar-refractivity contribution is 7.80. The van der Waals surface area contributed by atoms with E-state index in [9.17, 15) is 0 Å². The molecule has 0 spiro atoms. The van der Waals surface area contributed by atoms with Gasteiger partial charge in [0, 0.05) is 37.8 Å². The van der Waals surface area contributed by atoms with Gasteiger partial charge in [0.2, 0.25) is 5.95 Å². The Morgan fingerprint density at radius 3 is 2.14 bits per heavy atom. The molecular weight excluding hydrogens is 368 g/mol. The van der Waals surface area contributed by atoms with E-state index in [4.69, 9.17) is 22.2 Å². The third-order valence-electron chi connectivity index (χ3n) is 5.29. The summed E-state index contributed by atoms with van der Waals surface area (Å²) in [5.74, 6) is 3.96. The maximum atomic E-state index is 5.49. The molecule has 0 unspecified atom stereocenters. The lowest BCUT2D eigenvalue weighted by atomic mass is 9.92. The average Bonchev–Trinajstić information content (AvgIpc) is 2.59. The van der Waals surface area contributed by atoms with Crippen LogP contribution in [0, 0.1) is 11.8 Å². The van der Waals surface area contributed by atoms with Crippen LogP contribution in [0.2, 0.25) is 0 Å². The van der Waals surface area contributed by atoms with E-state index >= 15 is 0 Å². The number of hydrogen-bond acceptors (Lipinski definition) is 5. The standard InChI is InChI=1S/C21H36N6S/c1-15-11-16(2)14-27(13-15)18-12-17(26-9-7-6-8-10-26)22-19(23-18)24-20(28)25-21(3,4)5/h12,15-16H,6-11,13-14H2,1-5H3,(H2,22,23,24,25,28)/t15-,16-/m0/s1. The predicted molar refractivity (Wildman–Crippen MR) is 122 cm³/mol. The van der Waals surface area contributed by atoms with Crippen LogP contribution in [-0.2, 0) is 0 Å². The summed E-state index contributed by atoms with van der Waals surface area (Å²) in [5, 5.41) is 7.08. The monoisotopic (exact) mass is 404 g/mol. The highest BCUT2D eigenvalue weighted by Crippen LogP contribution is 2.29. The number of rotatable bonds is 3. The van der Waals surface area contributed by atoms with Crippen LogP contribution in [0.1, 0.15) is 60.3 Å². The quantitative estimate of drug-likeness (QED) is 0.738. The van der Waals surface area contributed by atoms with Crippen molar-refractivity contribution in [2.75, 3.05) is 41.3 Å². The summed E-state index contributed by atoms with van der Waals surface area (Å²) in [5.41, 5.74) is -0.102. The fourth-order valence-corrected chi connectivity index (χ4v) is 4.65. The minimum atomic E-state index is -0.102. The van der Waals surface area contributed by atoms with Crippen LogP contribution in [0.3, 0.4) is 0 Å². The van der Waals surface area contributed by atoms with Gasteiger partial charge < -0.3 is 20.4 Å². The van der Waals surface area contributed by atoms with Gasteiger partial charge in [-0.3, -0.25) is 0 Å². The summed E-state index contributed by atoms with van der Waals surface area (Å²) in [6, 6.07) is 2.17. The zero-order valence-electron chi connectivity index (χ0n) is 18.1. The van der Waals surface area contributed by atoms with Crippen molar-refractivity contribution in [3.63, 3.8) is 0 Å². The Labute approximate surface area is 175 Å². The first-order valence-electron chi connectivity index (χ1n) is 10.7. The molecule has 1 aromatic rings. The lowest BCUT2D eigenvalue weighted by Crippen LogP contribution is -2.43. The molecule has 2 N–H and O–H groups in total. The first-order chi connectivity index (χ1) is 13.2. The Kier molecular flexibility index (Phi) is 6.63. The van der Waals surface area contributed by atoms with Gasteiger partial charge in [-0.2, -0.15) is 9.97 Å². The second kappa shape index (κ2) is 8.80. The molecule has 1 aromatic heterocycles. The molecule has 2 atom stereocenters. The number of aromatic nitrogens is 2. The van der Waals surface area contributed by atoms with Crippen LogP contribution in [-0.4, -0.2) is 46.8 Å². The zero-order chi connectivity index (χ0) is 20.3. The predicted octanol–water partition coefficient (Wildman–Crippen LogP) is 4.03. The van der Waals surface area contributed by atoms with Crippen molar-refractivity contribution in [3.05, 3.63) is 6.07 Å². The molecule has 0 bridgehead atoms. The Balaban J connectivity index is 1.86. The molecule has 2 saturated heterocycles. The molecule has 6 nitrogen and oxygen atoms in total. The maximum absolute atomic E-state index is 5.49. The van der Waals surface area contributed by atoms with E-state index in [1.165, 1.54) is 25.7 Å². The lowest BCUT2D eigenvalue weighted by Gasteiger charge is -2.36. The van der Waals surface area contributed by atoms with Gasteiger partial charge in [0.05, 0.1) is 0 Å². The topological polar surface area (TPSA) is 56.3 Å². The zero-order valence-corrected chi connectivity index (χ0v) is 18.9. The third-order valence-corrected chi connectivity index (χ3v) is 5.49. The van der Waals surface area contributed by atoms with E-state index in [0.717, 1.165) is 37.8 Å². The van der Waals surface area contributed by atoms with Gasteiger partial charge in [-0.15, -0.1) is 0 Å². The number of nitrogens with one attached hydrogen (secondary N) is 2. The van der Waals surface area contributed by atoms with Crippen molar-refractivity contribution in [2.45, 2.75) is 65.8 Å². The van der Waals surface area contributed by atoms with E-state index in [-0.39, 0.29) is 5.54 Å². The second-order valence-electron chi connectivity index (χ2n) is 9.64. The maximum Gasteiger partial charge on any atom is 0.232 e. The first-order valence-corrected chi connectivity index (χ1v) is 11.1. The molecule has 0 aliphatic carbocycles. The van der Waals surface area contributed by atoms with Gasteiger partial charge in [0.15, 0.2) is 5.11 Å². The van der Waals surface area contributed by atoms with Crippen LogP contribution >= 0.6 is 12.2 Å². The van der Waals surface area contributed by atoms with Crippen LogP contribution in [0.4, 0.5) is 17.6 Å². The fourth-order valence-electron chi connectivity index (χ4n) is 4.25. The molecule has 0 saturated carbocycles. The number of nitrogens with zero attached hydrogens (tertiary/aromatic N) is 4. The smallest absolute Gasteiger partial charge is 0.232 e.